The number of nitrogens with zero attached hydrogens (tertiary/aromatic N) is 2. The molecule has 15 heavy (non-hydrogen) atoms. The van der Waals surface area contributed by atoms with Gasteiger partial charge in [0, 0.05) is 18.4 Å². The molecule has 1 aromatic rings. The van der Waals surface area contributed by atoms with E-state index in [0.29, 0.717) is 6.04 Å². The number of rotatable bonds is 4. The van der Waals surface area contributed by atoms with Gasteiger partial charge in [-0.3, -0.25) is 4.68 Å². The monoisotopic (exact) mass is 208 g/mol. The lowest BCUT2D eigenvalue weighted by Crippen LogP contribution is -2.32. The third kappa shape index (κ3) is 2.58. The van der Waals surface area contributed by atoms with Crippen LogP contribution in [-0.2, 0) is 6.42 Å². The molecular weight excluding hydrogens is 188 g/mol. The van der Waals surface area contributed by atoms with E-state index in [0.717, 1.165) is 32.5 Å². The molecule has 0 amide bonds. The molecule has 1 fully saturated rings. The van der Waals surface area contributed by atoms with Crippen molar-refractivity contribution in [3.05, 3.63) is 18.0 Å². The van der Waals surface area contributed by atoms with E-state index in [4.69, 9.17) is 5.73 Å². The topological polar surface area (TPSA) is 55.9 Å². The Morgan fingerprint density at radius 1 is 1.60 bits per heavy atom. The number of aryl methyl sites for hydroxylation is 1. The van der Waals surface area contributed by atoms with Crippen LogP contribution >= 0.6 is 0 Å². The maximum atomic E-state index is 5.53. The lowest BCUT2D eigenvalue weighted by atomic mass is 10.1. The Morgan fingerprint density at radius 3 is 3.27 bits per heavy atom. The molecule has 4 nitrogen and oxygen atoms in total. The van der Waals surface area contributed by atoms with E-state index in [-0.39, 0.29) is 0 Å². The average molecular weight is 208 g/mol. The van der Waals surface area contributed by atoms with Crippen LogP contribution < -0.4 is 11.1 Å². The maximum absolute atomic E-state index is 5.53. The first kappa shape index (κ1) is 10.6. The van der Waals surface area contributed by atoms with Crippen LogP contribution in [0.5, 0.6) is 0 Å². The molecule has 1 atom stereocenters. The van der Waals surface area contributed by atoms with E-state index < -0.39 is 0 Å². The standard InChI is InChI=1S/C11H20N4/c12-6-1-3-10-5-8-14-15(10)11-4-2-7-13-9-11/h5,8,11,13H,1-4,6-7,9,12H2. The molecule has 1 aliphatic heterocycles. The molecule has 0 bridgehead atoms. The summed E-state index contributed by atoms with van der Waals surface area (Å²) in [5, 5.41) is 7.85. The number of nitrogens with two attached hydrogens (primary N) is 1. The first-order chi connectivity index (χ1) is 7.42. The van der Waals surface area contributed by atoms with Gasteiger partial charge in [0.15, 0.2) is 0 Å². The summed E-state index contributed by atoms with van der Waals surface area (Å²) in [7, 11) is 0. The molecule has 4 heteroatoms. The summed E-state index contributed by atoms with van der Waals surface area (Å²) in [5.74, 6) is 0. The lowest BCUT2D eigenvalue weighted by Gasteiger charge is -2.24. The van der Waals surface area contributed by atoms with Gasteiger partial charge in [0.1, 0.15) is 0 Å². The fourth-order valence-corrected chi connectivity index (χ4v) is 2.19. The molecule has 1 aliphatic rings. The molecule has 1 aromatic heterocycles. The van der Waals surface area contributed by atoms with E-state index in [9.17, 15) is 0 Å². The van der Waals surface area contributed by atoms with Crippen LogP contribution in [0.15, 0.2) is 12.3 Å². The molecule has 3 N–H and O–H groups in total. The summed E-state index contributed by atoms with van der Waals surface area (Å²) in [6, 6.07) is 2.66. The number of piperidine rings is 1. The minimum absolute atomic E-state index is 0.543. The fraction of sp³-hybridized carbons (Fsp3) is 0.727. The van der Waals surface area contributed by atoms with Crippen LogP contribution in [0.4, 0.5) is 0 Å². The quantitative estimate of drug-likeness (QED) is 0.766. The minimum atomic E-state index is 0.543. The molecule has 0 radical (unpaired) electrons. The Labute approximate surface area is 90.8 Å². The van der Waals surface area contributed by atoms with Crippen molar-refractivity contribution in [3.63, 3.8) is 0 Å². The first-order valence-electron chi connectivity index (χ1n) is 5.85. The van der Waals surface area contributed by atoms with Crippen LogP contribution in [-0.4, -0.2) is 29.4 Å². The molecule has 1 saturated heterocycles. The predicted molar refractivity (Wildman–Crippen MR) is 60.7 cm³/mol. The van der Waals surface area contributed by atoms with Crippen LogP contribution in [0.2, 0.25) is 0 Å². The van der Waals surface area contributed by atoms with Crippen molar-refractivity contribution in [1.82, 2.24) is 15.1 Å². The molecule has 0 aromatic carbocycles. The van der Waals surface area contributed by atoms with Crippen LogP contribution in [0.1, 0.15) is 31.0 Å². The predicted octanol–water partition coefficient (Wildman–Crippen LogP) is 0.699. The number of hydrogen-bond donors (Lipinski definition) is 2. The molecule has 0 saturated carbocycles. The van der Waals surface area contributed by atoms with E-state index >= 15 is 0 Å². The Balaban J connectivity index is 2.02. The van der Waals surface area contributed by atoms with Crippen LogP contribution in [0.3, 0.4) is 0 Å². The Kier molecular flexibility index (Phi) is 3.75. The van der Waals surface area contributed by atoms with Crippen molar-refractivity contribution in [2.75, 3.05) is 19.6 Å². The summed E-state index contributed by atoms with van der Waals surface area (Å²) in [6.07, 6.45) is 6.49. The minimum Gasteiger partial charge on any atom is -0.330 e. The molecule has 84 valence electrons. The van der Waals surface area contributed by atoms with Crippen molar-refractivity contribution in [2.45, 2.75) is 31.7 Å². The molecule has 2 heterocycles. The highest BCUT2D eigenvalue weighted by atomic mass is 15.3. The third-order valence-electron chi connectivity index (χ3n) is 3.01. The van der Waals surface area contributed by atoms with Gasteiger partial charge in [0.25, 0.3) is 0 Å². The van der Waals surface area contributed by atoms with Gasteiger partial charge in [-0.15, -0.1) is 0 Å². The van der Waals surface area contributed by atoms with Crippen molar-refractivity contribution in [1.29, 1.82) is 0 Å². The third-order valence-corrected chi connectivity index (χ3v) is 3.01. The van der Waals surface area contributed by atoms with E-state index in [1.165, 1.54) is 18.5 Å². The number of nitrogens with one attached hydrogen (secondary N) is 1. The van der Waals surface area contributed by atoms with Gasteiger partial charge >= 0.3 is 0 Å². The highest BCUT2D eigenvalue weighted by molar-refractivity contribution is 5.03. The summed E-state index contributed by atoms with van der Waals surface area (Å²) in [4.78, 5) is 0. The smallest absolute Gasteiger partial charge is 0.0647 e. The summed E-state index contributed by atoms with van der Waals surface area (Å²) in [6.45, 7) is 2.96. The van der Waals surface area contributed by atoms with Gasteiger partial charge in [-0.25, -0.2) is 0 Å². The second-order valence-electron chi connectivity index (χ2n) is 4.16. The zero-order valence-corrected chi connectivity index (χ0v) is 9.15. The average Bonchev–Trinajstić information content (AvgIpc) is 2.75. The van der Waals surface area contributed by atoms with Crippen molar-refractivity contribution >= 4 is 0 Å². The zero-order chi connectivity index (χ0) is 10.5. The van der Waals surface area contributed by atoms with Gasteiger partial charge in [-0.05, 0) is 44.8 Å². The molecule has 0 spiro atoms. The van der Waals surface area contributed by atoms with Crippen molar-refractivity contribution in [2.24, 2.45) is 5.73 Å². The molecular formula is C11H20N4. The van der Waals surface area contributed by atoms with E-state index in [1.54, 1.807) is 0 Å². The van der Waals surface area contributed by atoms with Gasteiger partial charge < -0.3 is 11.1 Å². The normalized spacial score (nSPS) is 21.8. The van der Waals surface area contributed by atoms with Gasteiger partial charge in [-0.1, -0.05) is 0 Å². The van der Waals surface area contributed by atoms with Crippen molar-refractivity contribution < 1.29 is 0 Å². The lowest BCUT2D eigenvalue weighted by molar-refractivity contribution is 0.338. The summed E-state index contributed by atoms with van der Waals surface area (Å²) in [5.41, 5.74) is 6.86. The summed E-state index contributed by atoms with van der Waals surface area (Å²) < 4.78 is 2.18. The SMILES string of the molecule is NCCCc1ccnn1C1CCCNC1. The second kappa shape index (κ2) is 5.28. The molecule has 1 unspecified atom stereocenters. The highest BCUT2D eigenvalue weighted by Crippen LogP contribution is 2.18. The number of aromatic nitrogens is 2. The Morgan fingerprint density at radius 2 is 2.53 bits per heavy atom. The highest BCUT2D eigenvalue weighted by Gasteiger charge is 2.17. The van der Waals surface area contributed by atoms with Crippen molar-refractivity contribution in [3.8, 4) is 0 Å². The second-order valence-corrected chi connectivity index (χ2v) is 4.16. The van der Waals surface area contributed by atoms with Crippen LogP contribution in [0, 0.1) is 0 Å². The first-order valence-corrected chi connectivity index (χ1v) is 5.85. The van der Waals surface area contributed by atoms with E-state index in [1.807, 2.05) is 6.20 Å². The zero-order valence-electron chi connectivity index (χ0n) is 9.15. The summed E-state index contributed by atoms with van der Waals surface area (Å²) >= 11 is 0. The maximum Gasteiger partial charge on any atom is 0.0647 e. The van der Waals surface area contributed by atoms with Gasteiger partial charge in [0.2, 0.25) is 0 Å². The largest absolute Gasteiger partial charge is 0.330 e. The van der Waals surface area contributed by atoms with Gasteiger partial charge in [0.05, 0.1) is 6.04 Å². The van der Waals surface area contributed by atoms with E-state index in [2.05, 4.69) is 21.2 Å². The number of hydrogen-bond acceptors (Lipinski definition) is 3. The van der Waals surface area contributed by atoms with Crippen LogP contribution in [0.25, 0.3) is 0 Å². The Bertz CT molecular complexity index is 289. The molecule has 0 aliphatic carbocycles. The van der Waals surface area contributed by atoms with Gasteiger partial charge in [-0.2, -0.15) is 5.10 Å². The fourth-order valence-electron chi connectivity index (χ4n) is 2.19. The molecule has 2 rings (SSSR count). The Hall–Kier alpha value is -0.870.